The molecule has 4 rings (SSSR count). The molecule has 0 aliphatic heterocycles. The summed E-state index contributed by atoms with van der Waals surface area (Å²) in [4.78, 5) is 16.5. The van der Waals surface area contributed by atoms with Gasteiger partial charge in [-0.3, -0.25) is 4.79 Å². The van der Waals surface area contributed by atoms with Gasteiger partial charge in [0.1, 0.15) is 0 Å². The molecule has 27 heavy (non-hydrogen) atoms. The van der Waals surface area contributed by atoms with Crippen molar-refractivity contribution in [1.29, 1.82) is 0 Å². The Hall–Kier alpha value is -3.41. The van der Waals surface area contributed by atoms with E-state index in [2.05, 4.69) is 27.5 Å². The fourth-order valence-corrected chi connectivity index (χ4v) is 3.08. The number of fused-ring (bicyclic) bond motifs is 1. The van der Waals surface area contributed by atoms with Gasteiger partial charge < -0.3 is 9.88 Å². The van der Waals surface area contributed by atoms with Crippen molar-refractivity contribution in [3.63, 3.8) is 0 Å². The van der Waals surface area contributed by atoms with Crippen LogP contribution in [0.25, 0.3) is 16.7 Å². The average molecular weight is 359 g/mol. The summed E-state index contributed by atoms with van der Waals surface area (Å²) in [6.07, 6.45) is 6.71. The Labute approximate surface area is 157 Å². The number of nitrogens with zero attached hydrogens (tertiary/aromatic N) is 4. The summed E-state index contributed by atoms with van der Waals surface area (Å²) in [6, 6.07) is 18.1. The zero-order chi connectivity index (χ0) is 18.5. The molecule has 0 saturated heterocycles. The highest BCUT2D eigenvalue weighted by molar-refractivity contribution is 5.77. The first-order valence-corrected chi connectivity index (χ1v) is 9.05. The number of nitrogens with one attached hydrogen (secondary N) is 1. The third-order valence-electron chi connectivity index (χ3n) is 4.55. The Bertz CT molecular complexity index is 1020. The Kier molecular flexibility index (Phi) is 4.96. The van der Waals surface area contributed by atoms with Crippen LogP contribution in [0.3, 0.4) is 0 Å². The Balaban J connectivity index is 1.24. The summed E-state index contributed by atoms with van der Waals surface area (Å²) in [6.45, 7) is 1.26. The van der Waals surface area contributed by atoms with Crippen LogP contribution >= 0.6 is 0 Å². The molecule has 6 heteroatoms. The minimum atomic E-state index is 0.0564. The third-order valence-corrected chi connectivity index (χ3v) is 4.55. The normalized spacial score (nSPS) is 11.0. The van der Waals surface area contributed by atoms with E-state index in [0.29, 0.717) is 19.5 Å². The number of carbonyl (C=O) groups excluding carboxylic acids is 1. The van der Waals surface area contributed by atoms with Gasteiger partial charge in [0.2, 0.25) is 5.91 Å². The zero-order valence-electron chi connectivity index (χ0n) is 15.0. The number of para-hydroxylation sites is 2. The van der Waals surface area contributed by atoms with E-state index in [1.165, 1.54) is 5.56 Å². The topological polar surface area (TPSA) is 64.7 Å². The Morgan fingerprint density at radius 2 is 1.89 bits per heavy atom. The second kappa shape index (κ2) is 7.86. The molecule has 0 saturated carbocycles. The summed E-state index contributed by atoms with van der Waals surface area (Å²) in [5.74, 6) is 0.0564. The second-order valence-electron chi connectivity index (χ2n) is 6.39. The summed E-state index contributed by atoms with van der Waals surface area (Å²) in [5.41, 5.74) is 4.23. The van der Waals surface area contributed by atoms with Crippen LogP contribution in [-0.4, -0.2) is 31.8 Å². The predicted molar refractivity (Wildman–Crippen MR) is 105 cm³/mol. The van der Waals surface area contributed by atoms with E-state index in [9.17, 15) is 4.79 Å². The predicted octanol–water partition coefficient (Wildman–Crippen LogP) is 2.97. The van der Waals surface area contributed by atoms with Crippen molar-refractivity contribution in [2.24, 2.45) is 0 Å². The number of imidazole rings is 1. The highest BCUT2D eigenvalue weighted by atomic mass is 16.1. The number of carbonyl (C=O) groups is 1. The molecule has 1 amide bonds. The fraction of sp³-hybridized carbons (Fsp3) is 0.190. The molecule has 4 aromatic rings. The molecule has 0 atom stereocenters. The third kappa shape index (κ3) is 4.06. The van der Waals surface area contributed by atoms with E-state index >= 15 is 0 Å². The van der Waals surface area contributed by atoms with Crippen molar-refractivity contribution in [3.05, 3.63) is 78.9 Å². The van der Waals surface area contributed by atoms with Crippen LogP contribution in [0.15, 0.2) is 73.3 Å². The number of hydrogen-bond donors (Lipinski definition) is 1. The Morgan fingerprint density at radius 3 is 2.70 bits per heavy atom. The lowest BCUT2D eigenvalue weighted by Gasteiger charge is -2.08. The highest BCUT2D eigenvalue weighted by Crippen LogP contribution is 2.12. The maximum absolute atomic E-state index is 12.1. The van der Waals surface area contributed by atoms with Crippen molar-refractivity contribution in [3.8, 4) is 5.69 Å². The van der Waals surface area contributed by atoms with Crippen LogP contribution in [0.4, 0.5) is 0 Å². The molecule has 2 aromatic heterocycles. The minimum Gasteiger partial charge on any atom is -0.356 e. The van der Waals surface area contributed by atoms with Gasteiger partial charge in [-0.25, -0.2) is 9.67 Å². The molecule has 1 N–H and O–H groups in total. The van der Waals surface area contributed by atoms with Crippen LogP contribution in [0.5, 0.6) is 0 Å². The van der Waals surface area contributed by atoms with Crippen molar-refractivity contribution < 1.29 is 4.79 Å². The van der Waals surface area contributed by atoms with E-state index in [1.807, 2.05) is 57.9 Å². The zero-order valence-corrected chi connectivity index (χ0v) is 15.0. The molecular formula is C21H21N5O. The smallest absolute Gasteiger partial charge is 0.221 e. The van der Waals surface area contributed by atoms with Crippen molar-refractivity contribution in [2.75, 3.05) is 6.54 Å². The first-order valence-electron chi connectivity index (χ1n) is 9.05. The molecule has 0 bridgehead atoms. The van der Waals surface area contributed by atoms with Crippen LogP contribution < -0.4 is 5.32 Å². The van der Waals surface area contributed by atoms with Crippen molar-refractivity contribution in [1.82, 2.24) is 24.6 Å². The van der Waals surface area contributed by atoms with Crippen molar-refractivity contribution >= 4 is 16.9 Å². The first-order chi connectivity index (χ1) is 13.3. The minimum absolute atomic E-state index is 0.0564. The molecule has 0 aliphatic carbocycles. The van der Waals surface area contributed by atoms with E-state index in [-0.39, 0.29) is 5.91 Å². The molecule has 136 valence electrons. The number of aromatic nitrogens is 4. The second-order valence-corrected chi connectivity index (χ2v) is 6.39. The molecule has 0 radical (unpaired) electrons. The van der Waals surface area contributed by atoms with Gasteiger partial charge in [-0.1, -0.05) is 24.3 Å². The lowest BCUT2D eigenvalue weighted by molar-refractivity contribution is -0.121. The highest BCUT2D eigenvalue weighted by Gasteiger charge is 2.05. The maximum Gasteiger partial charge on any atom is 0.221 e. The van der Waals surface area contributed by atoms with Crippen LogP contribution in [0, 0.1) is 0 Å². The lowest BCUT2D eigenvalue weighted by atomic mass is 10.1. The van der Waals surface area contributed by atoms with Crippen molar-refractivity contribution in [2.45, 2.75) is 19.4 Å². The molecule has 0 aliphatic rings. The van der Waals surface area contributed by atoms with E-state index in [4.69, 9.17) is 0 Å². The average Bonchev–Trinajstić information content (AvgIpc) is 3.37. The lowest BCUT2D eigenvalue weighted by Crippen LogP contribution is -2.26. The number of rotatable bonds is 7. The van der Waals surface area contributed by atoms with Gasteiger partial charge in [0, 0.05) is 31.9 Å². The molecule has 0 spiro atoms. The summed E-state index contributed by atoms with van der Waals surface area (Å²) >= 11 is 0. The Morgan fingerprint density at radius 1 is 1.04 bits per heavy atom. The number of aryl methyl sites for hydroxylation is 1. The summed E-state index contributed by atoms with van der Waals surface area (Å²) in [7, 11) is 0. The molecule has 0 unspecified atom stereocenters. The standard InChI is InChI=1S/C21H21N5O/c27-21(11-15-25-16-23-19-4-1-2-5-20(19)25)22-13-10-17-6-8-18(9-7-17)26-14-3-12-24-26/h1-9,12,14,16H,10-11,13,15H2,(H,22,27). The van der Waals surface area contributed by atoms with Crippen LogP contribution in [-0.2, 0) is 17.8 Å². The van der Waals surface area contributed by atoms with Gasteiger partial charge in [-0.2, -0.15) is 5.10 Å². The molecule has 6 nitrogen and oxygen atoms in total. The largest absolute Gasteiger partial charge is 0.356 e. The number of hydrogen-bond acceptors (Lipinski definition) is 3. The van der Waals surface area contributed by atoms with Gasteiger partial charge in [-0.05, 0) is 42.3 Å². The number of benzene rings is 2. The van der Waals surface area contributed by atoms with E-state index < -0.39 is 0 Å². The quantitative estimate of drug-likeness (QED) is 0.552. The first kappa shape index (κ1) is 17.0. The van der Waals surface area contributed by atoms with E-state index in [1.54, 1.807) is 12.5 Å². The molecule has 0 fully saturated rings. The van der Waals surface area contributed by atoms with Gasteiger partial charge >= 0.3 is 0 Å². The SMILES string of the molecule is O=C(CCn1cnc2ccccc21)NCCc1ccc(-n2cccn2)cc1. The van der Waals surface area contributed by atoms with E-state index in [0.717, 1.165) is 23.1 Å². The fourth-order valence-electron chi connectivity index (χ4n) is 3.08. The molecule has 2 heterocycles. The number of amides is 1. The van der Waals surface area contributed by atoms with Gasteiger partial charge in [0.05, 0.1) is 23.0 Å². The van der Waals surface area contributed by atoms with Crippen LogP contribution in [0.1, 0.15) is 12.0 Å². The summed E-state index contributed by atoms with van der Waals surface area (Å²) in [5, 5.41) is 7.21. The molecular weight excluding hydrogens is 338 g/mol. The van der Waals surface area contributed by atoms with Gasteiger partial charge in [0.25, 0.3) is 0 Å². The molecule has 2 aromatic carbocycles. The van der Waals surface area contributed by atoms with Gasteiger partial charge in [-0.15, -0.1) is 0 Å². The monoisotopic (exact) mass is 359 g/mol. The van der Waals surface area contributed by atoms with Crippen LogP contribution in [0.2, 0.25) is 0 Å². The maximum atomic E-state index is 12.1. The summed E-state index contributed by atoms with van der Waals surface area (Å²) < 4.78 is 3.84. The van der Waals surface area contributed by atoms with Gasteiger partial charge in [0.15, 0.2) is 0 Å².